The van der Waals surface area contributed by atoms with E-state index in [4.69, 9.17) is 9.47 Å². The van der Waals surface area contributed by atoms with Crippen molar-refractivity contribution in [3.8, 4) is 17.0 Å². The summed E-state index contributed by atoms with van der Waals surface area (Å²) in [5.41, 5.74) is 4.18. The predicted octanol–water partition coefficient (Wildman–Crippen LogP) is 4.09. The van der Waals surface area contributed by atoms with E-state index in [0.29, 0.717) is 0 Å². The third kappa shape index (κ3) is 2.84. The molecule has 0 atom stereocenters. The molecule has 0 amide bonds. The highest BCUT2D eigenvalue weighted by molar-refractivity contribution is 5.89. The van der Waals surface area contributed by atoms with Gasteiger partial charge in [0, 0.05) is 23.4 Å². The first-order chi connectivity index (χ1) is 13.5. The van der Waals surface area contributed by atoms with Crippen molar-refractivity contribution in [2.75, 3.05) is 13.7 Å². The van der Waals surface area contributed by atoms with E-state index in [2.05, 4.69) is 23.6 Å². The minimum absolute atomic E-state index is 0.0463. The fourth-order valence-corrected chi connectivity index (χ4v) is 4.65. The number of ether oxygens (including phenoxy) is 2. The van der Waals surface area contributed by atoms with Crippen LogP contribution in [0.4, 0.5) is 0 Å². The molecule has 1 saturated carbocycles. The van der Waals surface area contributed by atoms with Gasteiger partial charge in [-0.2, -0.15) is 0 Å². The molecule has 1 fully saturated rings. The van der Waals surface area contributed by atoms with Crippen molar-refractivity contribution in [1.82, 2.24) is 4.57 Å². The Morgan fingerprint density at radius 3 is 2.61 bits per heavy atom. The lowest BCUT2D eigenvalue weighted by Crippen LogP contribution is -2.46. The number of carbonyl (C=O) groups is 1. The summed E-state index contributed by atoms with van der Waals surface area (Å²) in [6, 6.07) is 5.91. The van der Waals surface area contributed by atoms with E-state index in [1.54, 1.807) is 26.3 Å². The highest BCUT2D eigenvalue weighted by atomic mass is 16.5. The van der Waals surface area contributed by atoms with Gasteiger partial charge in [-0.05, 0) is 56.2 Å². The van der Waals surface area contributed by atoms with Crippen LogP contribution in [-0.2, 0) is 23.1 Å². The van der Waals surface area contributed by atoms with Crippen LogP contribution in [0.15, 0.2) is 29.2 Å². The summed E-state index contributed by atoms with van der Waals surface area (Å²) < 4.78 is 12.9. The number of nitrogens with zero attached hydrogens (tertiary/aromatic N) is 1. The summed E-state index contributed by atoms with van der Waals surface area (Å²) in [5.74, 6) is 0.317. The molecule has 0 saturated heterocycles. The van der Waals surface area contributed by atoms with E-state index in [9.17, 15) is 9.59 Å². The van der Waals surface area contributed by atoms with Gasteiger partial charge in [-0.25, -0.2) is 4.79 Å². The number of esters is 1. The number of methoxy groups -OCH3 is 1. The maximum atomic E-state index is 12.7. The molecule has 148 valence electrons. The molecule has 1 spiro atoms. The van der Waals surface area contributed by atoms with Gasteiger partial charge < -0.3 is 14.0 Å². The highest BCUT2D eigenvalue weighted by Crippen LogP contribution is 2.49. The first-order valence-corrected chi connectivity index (χ1v) is 10.2. The standard InChI is InChI=1S/C23H27NO4/c1-4-7-15-10-16-13-23(8-6-9-23)24-14-18(22(26)28-5-2)20(25)12-19(24)17(16)11-21(15)27-3/h10-12,14H,4-9,13H2,1-3H3. The fraction of sp³-hybridized carbons (Fsp3) is 0.478. The molecule has 5 heteroatoms. The largest absolute Gasteiger partial charge is 0.496 e. The Morgan fingerprint density at radius 2 is 2.00 bits per heavy atom. The fourth-order valence-electron chi connectivity index (χ4n) is 4.65. The van der Waals surface area contributed by atoms with E-state index < -0.39 is 5.97 Å². The van der Waals surface area contributed by atoms with Gasteiger partial charge >= 0.3 is 5.97 Å². The number of rotatable bonds is 5. The molecule has 1 aromatic carbocycles. The van der Waals surface area contributed by atoms with E-state index in [1.807, 2.05) is 0 Å². The van der Waals surface area contributed by atoms with Gasteiger partial charge in [0.2, 0.25) is 0 Å². The molecule has 2 aliphatic rings. The molecule has 0 radical (unpaired) electrons. The van der Waals surface area contributed by atoms with Crippen molar-refractivity contribution in [1.29, 1.82) is 0 Å². The second-order valence-corrected chi connectivity index (χ2v) is 7.85. The van der Waals surface area contributed by atoms with E-state index in [-0.39, 0.29) is 23.1 Å². The van der Waals surface area contributed by atoms with Crippen LogP contribution in [0.1, 0.15) is 61.0 Å². The minimum atomic E-state index is -0.543. The molecule has 1 aliphatic heterocycles. The molecule has 0 unspecified atom stereocenters. The maximum absolute atomic E-state index is 12.7. The summed E-state index contributed by atoms with van der Waals surface area (Å²) >= 11 is 0. The third-order valence-electron chi connectivity index (χ3n) is 6.16. The zero-order valence-corrected chi connectivity index (χ0v) is 16.8. The topological polar surface area (TPSA) is 57.5 Å². The van der Waals surface area contributed by atoms with Crippen molar-refractivity contribution < 1.29 is 14.3 Å². The molecule has 2 heterocycles. The van der Waals surface area contributed by atoms with Crippen LogP contribution in [0, 0.1) is 0 Å². The second kappa shape index (κ2) is 7.12. The first-order valence-electron chi connectivity index (χ1n) is 10.2. The van der Waals surface area contributed by atoms with Crippen molar-refractivity contribution in [2.45, 2.75) is 57.9 Å². The van der Waals surface area contributed by atoms with Gasteiger partial charge in [0.25, 0.3) is 0 Å². The average molecular weight is 381 g/mol. The Bertz CT molecular complexity index is 985. The van der Waals surface area contributed by atoms with Crippen molar-refractivity contribution in [3.05, 3.63) is 51.3 Å². The molecular formula is C23H27NO4. The second-order valence-electron chi connectivity index (χ2n) is 7.85. The van der Waals surface area contributed by atoms with Crippen LogP contribution in [0.3, 0.4) is 0 Å². The molecule has 5 nitrogen and oxygen atoms in total. The average Bonchev–Trinajstić information content (AvgIpc) is 2.65. The Hall–Kier alpha value is -2.56. The zero-order chi connectivity index (χ0) is 19.9. The van der Waals surface area contributed by atoms with Gasteiger partial charge in [-0.15, -0.1) is 0 Å². The predicted molar refractivity (Wildman–Crippen MR) is 108 cm³/mol. The number of aromatic nitrogens is 1. The summed E-state index contributed by atoms with van der Waals surface area (Å²) in [4.78, 5) is 25.0. The number of aryl methyl sites for hydroxylation is 1. The molecule has 4 rings (SSSR count). The number of hydrogen-bond acceptors (Lipinski definition) is 4. The highest BCUT2D eigenvalue weighted by Gasteiger charge is 2.43. The zero-order valence-electron chi connectivity index (χ0n) is 16.8. The van der Waals surface area contributed by atoms with Crippen LogP contribution >= 0.6 is 0 Å². The summed E-state index contributed by atoms with van der Waals surface area (Å²) in [6.07, 6.45) is 7.94. The van der Waals surface area contributed by atoms with Gasteiger partial charge in [0.05, 0.1) is 19.4 Å². The van der Waals surface area contributed by atoms with Gasteiger partial charge in [-0.1, -0.05) is 19.4 Å². The molecule has 0 N–H and O–H groups in total. The lowest BCUT2D eigenvalue weighted by molar-refractivity contribution is 0.0521. The van der Waals surface area contributed by atoms with Gasteiger partial charge in [0.15, 0.2) is 5.43 Å². The quantitative estimate of drug-likeness (QED) is 0.732. The smallest absolute Gasteiger partial charge is 0.343 e. The number of benzene rings is 1. The summed E-state index contributed by atoms with van der Waals surface area (Å²) in [5, 5.41) is 0. The minimum Gasteiger partial charge on any atom is -0.496 e. The van der Waals surface area contributed by atoms with Crippen LogP contribution < -0.4 is 10.2 Å². The SMILES string of the molecule is CCCc1cc2c(cc1OC)-c1cc(=O)c(C(=O)OCC)cn1C1(CCC1)C2. The molecular weight excluding hydrogens is 354 g/mol. The molecule has 0 bridgehead atoms. The first kappa shape index (κ1) is 18.8. The normalized spacial score (nSPS) is 16.1. The Labute approximate surface area is 165 Å². The third-order valence-corrected chi connectivity index (χ3v) is 6.16. The monoisotopic (exact) mass is 381 g/mol. The molecule has 1 aromatic heterocycles. The van der Waals surface area contributed by atoms with Crippen molar-refractivity contribution >= 4 is 5.97 Å². The Kier molecular flexibility index (Phi) is 4.77. The lowest BCUT2D eigenvalue weighted by Gasteiger charge is -2.49. The van der Waals surface area contributed by atoms with Crippen LogP contribution in [0.25, 0.3) is 11.3 Å². The molecule has 28 heavy (non-hydrogen) atoms. The van der Waals surface area contributed by atoms with Crippen LogP contribution in [0.2, 0.25) is 0 Å². The van der Waals surface area contributed by atoms with Gasteiger partial charge in [0.1, 0.15) is 11.3 Å². The molecule has 2 aromatic rings. The number of fused-ring (bicyclic) bond motifs is 4. The van der Waals surface area contributed by atoms with Crippen molar-refractivity contribution in [2.24, 2.45) is 0 Å². The number of hydrogen-bond donors (Lipinski definition) is 0. The Balaban J connectivity index is 1.92. The van der Waals surface area contributed by atoms with E-state index in [1.165, 1.54) is 11.1 Å². The van der Waals surface area contributed by atoms with Crippen LogP contribution in [-0.4, -0.2) is 24.3 Å². The summed E-state index contributed by atoms with van der Waals surface area (Å²) in [6.45, 7) is 4.17. The number of carbonyl (C=O) groups excluding carboxylic acids is 1. The Morgan fingerprint density at radius 1 is 1.21 bits per heavy atom. The van der Waals surface area contributed by atoms with Gasteiger partial charge in [-0.3, -0.25) is 4.79 Å². The van der Waals surface area contributed by atoms with Crippen LogP contribution in [0.5, 0.6) is 5.75 Å². The van der Waals surface area contributed by atoms with E-state index in [0.717, 1.165) is 55.5 Å². The summed E-state index contributed by atoms with van der Waals surface area (Å²) in [7, 11) is 1.69. The molecule has 1 aliphatic carbocycles. The lowest BCUT2D eigenvalue weighted by atomic mass is 9.69. The number of pyridine rings is 1. The van der Waals surface area contributed by atoms with E-state index >= 15 is 0 Å². The maximum Gasteiger partial charge on any atom is 0.343 e. The van der Waals surface area contributed by atoms with Crippen molar-refractivity contribution in [3.63, 3.8) is 0 Å².